The Kier molecular flexibility index (Phi) is 6.83. The average Bonchev–Trinajstić information content (AvgIpc) is 3.39. The number of benzene rings is 2. The van der Waals surface area contributed by atoms with Gasteiger partial charge in [-0.3, -0.25) is 4.79 Å². The van der Waals surface area contributed by atoms with Crippen LogP contribution in [-0.2, 0) is 9.53 Å². The number of hydrogen-bond acceptors (Lipinski definition) is 8. The number of carbonyl (C=O) groups excluding carboxylic acids is 2. The number of ether oxygens (including phenoxy) is 2. The number of hydrogen-bond donors (Lipinski definition) is 1. The predicted molar refractivity (Wildman–Crippen MR) is 142 cm³/mol. The van der Waals surface area contributed by atoms with Crippen LogP contribution in [0.1, 0.15) is 6.92 Å². The van der Waals surface area contributed by atoms with Crippen molar-refractivity contribution in [3.63, 3.8) is 0 Å². The van der Waals surface area contributed by atoms with Crippen LogP contribution in [0.2, 0.25) is 0 Å². The van der Waals surface area contributed by atoms with Gasteiger partial charge in [-0.05, 0) is 59.3 Å². The second-order valence-electron chi connectivity index (χ2n) is 8.62. The van der Waals surface area contributed by atoms with Crippen LogP contribution in [0.3, 0.4) is 0 Å². The van der Waals surface area contributed by atoms with Crippen molar-refractivity contribution in [2.75, 3.05) is 45.7 Å². The van der Waals surface area contributed by atoms with Crippen molar-refractivity contribution in [1.29, 1.82) is 0 Å². The lowest BCUT2D eigenvalue weighted by Crippen LogP contribution is -2.53. The topological polar surface area (TPSA) is 114 Å². The molecule has 1 saturated heterocycles. The zero-order valence-electron chi connectivity index (χ0n) is 20.6. The maximum absolute atomic E-state index is 13.2. The molecule has 0 unspecified atom stereocenters. The number of aromatic nitrogens is 4. The molecule has 11 nitrogen and oxygen atoms in total. The third kappa shape index (κ3) is 4.76. The van der Waals surface area contributed by atoms with Gasteiger partial charge in [0.2, 0.25) is 11.9 Å². The number of halogens is 1. The number of fused-ring (bicyclic) bond motifs is 3. The van der Waals surface area contributed by atoms with Gasteiger partial charge < -0.3 is 24.6 Å². The Hall–Kier alpha value is -3.93. The number of piperazine rings is 1. The van der Waals surface area contributed by atoms with E-state index in [9.17, 15) is 9.59 Å². The molecule has 2 amide bonds. The molecule has 0 radical (unpaired) electrons. The fourth-order valence-corrected chi connectivity index (χ4v) is 4.78. The van der Waals surface area contributed by atoms with Gasteiger partial charge in [-0.25, -0.2) is 14.8 Å². The zero-order valence-corrected chi connectivity index (χ0v) is 22.2. The predicted octanol–water partition coefficient (Wildman–Crippen LogP) is 3.43. The van der Waals surface area contributed by atoms with Crippen molar-refractivity contribution >= 4 is 50.4 Å². The lowest BCUT2D eigenvalue weighted by Gasteiger charge is -2.35. The molecule has 1 atom stereocenters. The Balaban J connectivity index is 1.46. The monoisotopic (exact) mass is 567 g/mol. The largest absolute Gasteiger partial charge is 0.497 e. The molecule has 4 aromatic rings. The van der Waals surface area contributed by atoms with Gasteiger partial charge in [0.25, 0.3) is 0 Å². The van der Waals surface area contributed by atoms with Crippen LogP contribution >= 0.6 is 15.9 Å². The Morgan fingerprint density at radius 3 is 2.38 bits per heavy atom. The Morgan fingerprint density at radius 1 is 1.00 bits per heavy atom. The van der Waals surface area contributed by atoms with Crippen LogP contribution in [0.5, 0.6) is 5.75 Å². The highest BCUT2D eigenvalue weighted by Crippen LogP contribution is 2.29. The first-order valence-corrected chi connectivity index (χ1v) is 12.6. The Morgan fingerprint density at radius 2 is 1.70 bits per heavy atom. The minimum atomic E-state index is -0.589. The first-order chi connectivity index (χ1) is 17.9. The van der Waals surface area contributed by atoms with Crippen LogP contribution < -0.4 is 10.1 Å². The first kappa shape index (κ1) is 24.8. The highest BCUT2D eigenvalue weighted by atomic mass is 79.9. The molecule has 2 aromatic carbocycles. The van der Waals surface area contributed by atoms with Gasteiger partial charge in [0.05, 0.1) is 19.7 Å². The Bertz CT molecular complexity index is 1470. The second kappa shape index (κ2) is 10.2. The minimum absolute atomic E-state index is 0.0952. The molecule has 192 valence electrons. The van der Waals surface area contributed by atoms with E-state index in [4.69, 9.17) is 24.5 Å². The summed E-state index contributed by atoms with van der Waals surface area (Å²) in [7, 11) is 2.97. The van der Waals surface area contributed by atoms with Crippen molar-refractivity contribution in [3.05, 3.63) is 46.9 Å². The van der Waals surface area contributed by atoms with E-state index >= 15 is 0 Å². The van der Waals surface area contributed by atoms with Crippen molar-refractivity contribution in [3.8, 4) is 17.1 Å². The third-order valence-electron chi connectivity index (χ3n) is 6.34. The highest BCUT2D eigenvalue weighted by molar-refractivity contribution is 9.10. The quantitative estimate of drug-likeness (QED) is 0.390. The summed E-state index contributed by atoms with van der Waals surface area (Å²) in [4.78, 5) is 37.9. The van der Waals surface area contributed by atoms with E-state index in [0.717, 1.165) is 21.2 Å². The van der Waals surface area contributed by atoms with E-state index < -0.39 is 6.04 Å². The van der Waals surface area contributed by atoms with E-state index in [2.05, 4.69) is 21.2 Å². The number of amides is 2. The number of rotatable bonds is 5. The summed E-state index contributed by atoms with van der Waals surface area (Å²) < 4.78 is 12.5. The third-order valence-corrected chi connectivity index (χ3v) is 6.98. The van der Waals surface area contributed by atoms with Gasteiger partial charge in [-0.2, -0.15) is 4.52 Å². The summed E-state index contributed by atoms with van der Waals surface area (Å²) in [6.45, 7) is 3.48. The summed E-state index contributed by atoms with van der Waals surface area (Å²) in [6.07, 6.45) is -0.384. The van der Waals surface area contributed by atoms with Gasteiger partial charge in [0.15, 0.2) is 11.5 Å². The SMILES string of the molecule is COC(=O)N1CCN(C(=O)[C@@H](C)Nc2nc3c(Br)cccc3c3nc(-c4ccc(OC)cc4)nn23)CC1. The van der Waals surface area contributed by atoms with Crippen LogP contribution in [-0.4, -0.2) is 87.8 Å². The first-order valence-electron chi connectivity index (χ1n) is 11.8. The number of nitrogens with one attached hydrogen (secondary N) is 1. The maximum atomic E-state index is 13.2. The van der Waals surface area contributed by atoms with Crippen molar-refractivity contribution in [2.24, 2.45) is 0 Å². The van der Waals surface area contributed by atoms with Gasteiger partial charge in [-0.1, -0.05) is 6.07 Å². The smallest absolute Gasteiger partial charge is 0.409 e. The normalized spacial score (nSPS) is 14.6. The van der Waals surface area contributed by atoms with E-state index in [1.165, 1.54) is 7.11 Å². The molecule has 1 aliphatic rings. The zero-order chi connectivity index (χ0) is 26.1. The summed E-state index contributed by atoms with van der Waals surface area (Å²) in [5.74, 6) is 1.57. The molecular formula is C25H26BrN7O4. The molecule has 5 rings (SSSR count). The molecule has 0 aliphatic carbocycles. The summed E-state index contributed by atoms with van der Waals surface area (Å²) in [5.41, 5.74) is 2.15. The fraction of sp³-hybridized carbons (Fsp3) is 0.320. The number of methoxy groups -OCH3 is 2. The lowest BCUT2D eigenvalue weighted by atomic mass is 10.2. The number of anilines is 1. The molecule has 1 N–H and O–H groups in total. The number of carbonyl (C=O) groups is 2. The standard InChI is InChI=1S/C25H26BrN7O4/c1-15(23(34)31-11-13-32(14-12-31)25(35)37-3)27-24-28-20-18(5-4-6-19(20)26)22-29-21(30-33(22)24)16-7-9-17(36-2)10-8-16/h4-10,15H,11-14H2,1-3H3,(H,27,28)/t15-/m1/s1. The number of nitrogens with zero attached hydrogens (tertiary/aromatic N) is 6. The molecule has 12 heteroatoms. The molecule has 37 heavy (non-hydrogen) atoms. The van der Waals surface area contributed by atoms with Gasteiger partial charge in [0.1, 0.15) is 11.8 Å². The van der Waals surface area contributed by atoms with Gasteiger partial charge in [0, 0.05) is 41.6 Å². The fourth-order valence-electron chi connectivity index (χ4n) is 4.32. The summed E-state index contributed by atoms with van der Waals surface area (Å²) in [6, 6.07) is 12.7. The van der Waals surface area contributed by atoms with Crippen LogP contribution in [0.4, 0.5) is 10.7 Å². The molecule has 1 aliphatic heterocycles. The molecule has 0 spiro atoms. The summed E-state index contributed by atoms with van der Waals surface area (Å²) >= 11 is 3.59. The summed E-state index contributed by atoms with van der Waals surface area (Å²) in [5, 5.41) is 8.79. The molecule has 2 aromatic heterocycles. The molecule has 3 heterocycles. The van der Waals surface area contributed by atoms with Crippen LogP contribution in [0.25, 0.3) is 27.9 Å². The van der Waals surface area contributed by atoms with Gasteiger partial charge >= 0.3 is 6.09 Å². The van der Waals surface area contributed by atoms with Crippen LogP contribution in [0.15, 0.2) is 46.9 Å². The van der Waals surface area contributed by atoms with E-state index in [-0.39, 0.29) is 12.0 Å². The molecule has 0 saturated carbocycles. The van der Waals surface area contributed by atoms with E-state index in [1.54, 1.807) is 28.3 Å². The molecular weight excluding hydrogens is 542 g/mol. The number of para-hydroxylation sites is 1. The average molecular weight is 568 g/mol. The minimum Gasteiger partial charge on any atom is -0.497 e. The van der Waals surface area contributed by atoms with E-state index in [1.807, 2.05) is 42.5 Å². The maximum Gasteiger partial charge on any atom is 0.409 e. The van der Waals surface area contributed by atoms with E-state index in [0.29, 0.717) is 49.1 Å². The lowest BCUT2D eigenvalue weighted by molar-refractivity contribution is -0.133. The van der Waals surface area contributed by atoms with Crippen molar-refractivity contribution in [1.82, 2.24) is 29.4 Å². The second-order valence-corrected chi connectivity index (χ2v) is 9.47. The highest BCUT2D eigenvalue weighted by Gasteiger charge is 2.28. The van der Waals surface area contributed by atoms with Gasteiger partial charge in [-0.15, -0.1) is 5.10 Å². The molecule has 1 fully saturated rings. The van der Waals surface area contributed by atoms with Crippen molar-refractivity contribution in [2.45, 2.75) is 13.0 Å². The molecule has 0 bridgehead atoms. The Labute approximate surface area is 221 Å². The van der Waals surface area contributed by atoms with Crippen LogP contribution in [0, 0.1) is 0 Å². The van der Waals surface area contributed by atoms with Crippen molar-refractivity contribution < 1.29 is 19.1 Å².